The van der Waals surface area contributed by atoms with Crippen molar-refractivity contribution >= 4 is 22.9 Å². The normalized spacial score (nSPS) is 11.6. The highest BCUT2D eigenvalue weighted by atomic mass is 16.6. The predicted molar refractivity (Wildman–Crippen MR) is 100 cm³/mol. The highest BCUT2D eigenvalue weighted by molar-refractivity contribution is 5.93. The van der Waals surface area contributed by atoms with Crippen molar-refractivity contribution in [2.24, 2.45) is 0 Å². The number of esters is 2. The summed E-state index contributed by atoms with van der Waals surface area (Å²) in [6.45, 7) is 1.71. The third-order valence-electron chi connectivity index (χ3n) is 3.98. The van der Waals surface area contributed by atoms with Crippen LogP contribution in [0.15, 0.2) is 63.8 Å². The first-order valence-corrected chi connectivity index (χ1v) is 8.51. The zero-order valence-electron chi connectivity index (χ0n) is 15.3. The largest absolute Gasteiger partial charge is 0.479 e. The van der Waals surface area contributed by atoms with Gasteiger partial charge in [0, 0.05) is 11.5 Å². The Hall–Kier alpha value is -3.61. The lowest BCUT2D eigenvalue weighted by Gasteiger charge is -2.14. The van der Waals surface area contributed by atoms with E-state index < -0.39 is 23.7 Å². The Morgan fingerprint density at radius 1 is 1.07 bits per heavy atom. The van der Waals surface area contributed by atoms with E-state index in [9.17, 15) is 14.4 Å². The van der Waals surface area contributed by atoms with Crippen LogP contribution in [-0.4, -0.2) is 25.2 Å². The van der Waals surface area contributed by atoms with E-state index in [1.165, 1.54) is 19.2 Å². The summed E-state index contributed by atoms with van der Waals surface area (Å²) in [5.41, 5.74) is 0.0882. The average molecular weight is 382 g/mol. The Morgan fingerprint density at radius 2 is 1.82 bits per heavy atom. The van der Waals surface area contributed by atoms with E-state index in [2.05, 4.69) is 4.74 Å². The molecule has 144 valence electrons. The van der Waals surface area contributed by atoms with Crippen LogP contribution in [0.5, 0.6) is 5.75 Å². The van der Waals surface area contributed by atoms with E-state index in [1.54, 1.807) is 19.1 Å². The van der Waals surface area contributed by atoms with Crippen molar-refractivity contribution in [3.8, 4) is 5.75 Å². The molecule has 3 aromatic rings. The topological polar surface area (TPSA) is 92.0 Å². The zero-order chi connectivity index (χ0) is 20.1. The van der Waals surface area contributed by atoms with Crippen LogP contribution in [0.25, 0.3) is 11.0 Å². The zero-order valence-corrected chi connectivity index (χ0v) is 15.3. The molecule has 0 spiro atoms. The van der Waals surface area contributed by atoms with Crippen LogP contribution in [0, 0.1) is 0 Å². The second-order valence-corrected chi connectivity index (χ2v) is 5.99. The molecule has 0 aliphatic carbocycles. The molecule has 0 N–H and O–H groups in total. The average Bonchev–Trinajstić information content (AvgIpc) is 2.71. The van der Waals surface area contributed by atoms with Gasteiger partial charge in [-0.1, -0.05) is 30.3 Å². The van der Waals surface area contributed by atoms with Gasteiger partial charge < -0.3 is 18.6 Å². The lowest BCUT2D eigenvalue weighted by molar-refractivity contribution is -0.152. The van der Waals surface area contributed by atoms with Gasteiger partial charge in [-0.05, 0) is 30.7 Å². The summed E-state index contributed by atoms with van der Waals surface area (Å²) in [7, 11) is 1.18. The van der Waals surface area contributed by atoms with Crippen molar-refractivity contribution < 1.29 is 28.2 Å². The van der Waals surface area contributed by atoms with E-state index in [0.717, 1.165) is 5.56 Å². The van der Waals surface area contributed by atoms with Crippen LogP contribution >= 0.6 is 0 Å². The molecule has 1 heterocycles. The number of ether oxygens (including phenoxy) is 3. The van der Waals surface area contributed by atoms with Gasteiger partial charge in [0.15, 0.2) is 6.10 Å². The second-order valence-electron chi connectivity index (χ2n) is 5.99. The summed E-state index contributed by atoms with van der Waals surface area (Å²) >= 11 is 0. The predicted octanol–water partition coefficient (Wildman–Crippen LogP) is 3.09. The van der Waals surface area contributed by atoms with E-state index >= 15 is 0 Å². The smallest absolute Gasteiger partial charge is 0.351 e. The maximum absolute atomic E-state index is 12.1. The number of fused-ring (bicyclic) bond motifs is 1. The van der Waals surface area contributed by atoms with Gasteiger partial charge >= 0.3 is 17.6 Å². The Labute approximate surface area is 160 Å². The molecule has 0 aliphatic rings. The van der Waals surface area contributed by atoms with Crippen LogP contribution < -0.4 is 10.4 Å². The molecule has 0 saturated carbocycles. The standard InChI is InChI=1S/C21H18O7/c1-13(19(22)26-12-14-6-4-3-5-7-14)27-16-9-8-15-10-17(20(23)25-2)21(24)28-18(15)11-16/h3-11,13H,12H2,1-2H3/t13-/m1/s1. The Morgan fingerprint density at radius 3 is 2.54 bits per heavy atom. The van der Waals surface area contributed by atoms with Crippen LogP contribution in [-0.2, 0) is 20.9 Å². The van der Waals surface area contributed by atoms with Crippen molar-refractivity contribution in [2.45, 2.75) is 19.6 Å². The first-order valence-electron chi connectivity index (χ1n) is 8.51. The molecular formula is C21H18O7. The number of carbonyl (C=O) groups excluding carboxylic acids is 2. The maximum atomic E-state index is 12.1. The van der Waals surface area contributed by atoms with Crippen molar-refractivity contribution in [1.29, 1.82) is 0 Å². The lowest BCUT2D eigenvalue weighted by Crippen LogP contribution is -2.26. The van der Waals surface area contributed by atoms with E-state index in [-0.39, 0.29) is 17.8 Å². The molecular weight excluding hydrogens is 364 g/mol. The monoisotopic (exact) mass is 382 g/mol. The summed E-state index contributed by atoms with van der Waals surface area (Å²) < 4.78 is 20.5. The Kier molecular flexibility index (Phi) is 5.74. The summed E-state index contributed by atoms with van der Waals surface area (Å²) in [6.07, 6.45) is -0.859. The third-order valence-corrected chi connectivity index (χ3v) is 3.98. The van der Waals surface area contributed by atoms with Crippen LogP contribution in [0.1, 0.15) is 22.8 Å². The summed E-state index contributed by atoms with van der Waals surface area (Å²) in [5.74, 6) is -0.970. The lowest BCUT2D eigenvalue weighted by atomic mass is 10.2. The minimum absolute atomic E-state index is 0.149. The van der Waals surface area contributed by atoms with Gasteiger partial charge in [0.25, 0.3) is 0 Å². The molecule has 7 heteroatoms. The molecule has 0 amide bonds. The fourth-order valence-corrected chi connectivity index (χ4v) is 2.52. The number of hydrogen-bond donors (Lipinski definition) is 0. The van der Waals surface area contributed by atoms with Crippen LogP contribution in [0.4, 0.5) is 0 Å². The van der Waals surface area contributed by atoms with Gasteiger partial charge in [0.1, 0.15) is 23.5 Å². The molecule has 3 rings (SSSR count). The molecule has 0 radical (unpaired) electrons. The van der Waals surface area contributed by atoms with E-state index in [4.69, 9.17) is 13.9 Å². The van der Waals surface area contributed by atoms with Crippen molar-refractivity contribution in [3.05, 3.63) is 76.1 Å². The van der Waals surface area contributed by atoms with E-state index in [0.29, 0.717) is 11.1 Å². The molecule has 0 fully saturated rings. The first-order chi connectivity index (χ1) is 13.5. The molecule has 0 aliphatic heterocycles. The second kappa shape index (κ2) is 8.39. The van der Waals surface area contributed by atoms with Gasteiger partial charge in [-0.25, -0.2) is 14.4 Å². The summed E-state index contributed by atoms with van der Waals surface area (Å²) in [5, 5.41) is 0.520. The SMILES string of the molecule is COC(=O)c1cc2ccc(O[C@H](C)C(=O)OCc3ccccc3)cc2oc1=O. The number of rotatable bonds is 6. The number of methoxy groups -OCH3 is 1. The number of benzene rings is 2. The van der Waals surface area contributed by atoms with Gasteiger partial charge in [-0.15, -0.1) is 0 Å². The van der Waals surface area contributed by atoms with Crippen LogP contribution in [0.2, 0.25) is 0 Å². The van der Waals surface area contributed by atoms with Crippen molar-refractivity contribution in [1.82, 2.24) is 0 Å². The van der Waals surface area contributed by atoms with Gasteiger partial charge in [0.05, 0.1) is 7.11 Å². The molecule has 2 aromatic carbocycles. The minimum atomic E-state index is -0.859. The van der Waals surface area contributed by atoms with Crippen molar-refractivity contribution in [2.75, 3.05) is 7.11 Å². The van der Waals surface area contributed by atoms with Crippen molar-refractivity contribution in [3.63, 3.8) is 0 Å². The summed E-state index contributed by atoms with van der Waals surface area (Å²) in [4.78, 5) is 35.6. The fraction of sp³-hybridized carbons (Fsp3) is 0.190. The number of carbonyl (C=O) groups is 2. The molecule has 7 nitrogen and oxygen atoms in total. The maximum Gasteiger partial charge on any atom is 0.351 e. The number of hydrogen-bond acceptors (Lipinski definition) is 7. The molecule has 1 aromatic heterocycles. The van der Waals surface area contributed by atoms with Gasteiger partial charge in [0.2, 0.25) is 0 Å². The molecule has 0 saturated heterocycles. The third kappa shape index (κ3) is 4.37. The van der Waals surface area contributed by atoms with Gasteiger partial charge in [-0.3, -0.25) is 0 Å². The Bertz CT molecular complexity index is 1050. The molecule has 0 bridgehead atoms. The van der Waals surface area contributed by atoms with Crippen LogP contribution in [0.3, 0.4) is 0 Å². The van der Waals surface area contributed by atoms with Gasteiger partial charge in [-0.2, -0.15) is 0 Å². The molecule has 1 atom stereocenters. The quantitative estimate of drug-likeness (QED) is 0.478. The summed E-state index contributed by atoms with van der Waals surface area (Å²) in [6, 6.07) is 15.4. The molecule has 0 unspecified atom stereocenters. The van der Waals surface area contributed by atoms with E-state index in [1.807, 2.05) is 30.3 Å². The first kappa shape index (κ1) is 19.2. The minimum Gasteiger partial charge on any atom is -0.479 e. The fourth-order valence-electron chi connectivity index (χ4n) is 2.52. The molecule has 28 heavy (non-hydrogen) atoms. The Balaban J connectivity index is 1.70. The highest BCUT2D eigenvalue weighted by Crippen LogP contribution is 2.22. The highest BCUT2D eigenvalue weighted by Gasteiger charge is 2.18.